The van der Waals surface area contributed by atoms with E-state index in [1.165, 1.54) is 11.3 Å². The lowest BCUT2D eigenvalue weighted by molar-refractivity contribution is 0.186. The van der Waals surface area contributed by atoms with Gasteiger partial charge in [-0.05, 0) is 18.8 Å². The summed E-state index contributed by atoms with van der Waals surface area (Å²) in [5, 5.41) is 5.34. The molecule has 4 nitrogen and oxygen atoms in total. The van der Waals surface area contributed by atoms with Crippen LogP contribution in [0.4, 0.5) is 9.93 Å². The fourth-order valence-electron chi connectivity index (χ4n) is 1.67. The lowest BCUT2D eigenvalue weighted by Crippen LogP contribution is -2.40. The van der Waals surface area contributed by atoms with Crippen LogP contribution in [-0.4, -0.2) is 29.0 Å². The summed E-state index contributed by atoms with van der Waals surface area (Å²) in [5.41, 5.74) is 0. The molecule has 1 aliphatic heterocycles. The van der Waals surface area contributed by atoms with Crippen LogP contribution in [0, 0.1) is 5.92 Å². The molecule has 2 rings (SSSR count). The third kappa shape index (κ3) is 2.68. The normalized spacial score (nSPS) is 17.8. The van der Waals surface area contributed by atoms with E-state index in [9.17, 15) is 4.79 Å². The molecule has 1 aromatic heterocycles. The number of urea groups is 1. The van der Waals surface area contributed by atoms with E-state index in [1.807, 2.05) is 10.3 Å². The molecule has 1 fully saturated rings. The maximum Gasteiger partial charge on any atom is 0.323 e. The Kier molecular flexibility index (Phi) is 3.20. The van der Waals surface area contributed by atoms with Crippen LogP contribution in [0.2, 0.25) is 0 Å². The van der Waals surface area contributed by atoms with E-state index in [2.05, 4.69) is 17.2 Å². The lowest BCUT2D eigenvalue weighted by atomic mass is 10.00. The highest BCUT2D eigenvalue weighted by molar-refractivity contribution is 7.13. The van der Waals surface area contributed by atoms with Crippen molar-refractivity contribution in [1.29, 1.82) is 0 Å². The number of carbonyl (C=O) groups is 1. The van der Waals surface area contributed by atoms with Crippen molar-refractivity contribution < 1.29 is 4.79 Å². The molecule has 0 bridgehead atoms. The van der Waals surface area contributed by atoms with Crippen LogP contribution in [0.25, 0.3) is 0 Å². The van der Waals surface area contributed by atoms with Gasteiger partial charge in [0.15, 0.2) is 5.13 Å². The summed E-state index contributed by atoms with van der Waals surface area (Å²) in [7, 11) is 0. The SMILES string of the molecule is CC1CCN(C(=O)Nc2nccs2)CC1. The number of carbonyl (C=O) groups excluding carboxylic acids is 1. The van der Waals surface area contributed by atoms with Crippen LogP contribution >= 0.6 is 11.3 Å². The molecule has 1 N–H and O–H groups in total. The molecule has 2 heterocycles. The van der Waals surface area contributed by atoms with Crippen molar-refractivity contribution >= 4 is 22.5 Å². The first-order chi connectivity index (χ1) is 7.25. The van der Waals surface area contributed by atoms with Crippen LogP contribution in [0.3, 0.4) is 0 Å². The Labute approximate surface area is 93.3 Å². The summed E-state index contributed by atoms with van der Waals surface area (Å²) >= 11 is 1.45. The van der Waals surface area contributed by atoms with E-state index in [-0.39, 0.29) is 6.03 Å². The predicted octanol–water partition coefficient (Wildman–Crippen LogP) is 2.41. The number of likely N-dealkylation sites (tertiary alicyclic amines) is 1. The summed E-state index contributed by atoms with van der Waals surface area (Å²) < 4.78 is 0. The molecule has 15 heavy (non-hydrogen) atoms. The van der Waals surface area contributed by atoms with E-state index in [0.29, 0.717) is 5.13 Å². The van der Waals surface area contributed by atoms with Gasteiger partial charge in [-0.25, -0.2) is 9.78 Å². The van der Waals surface area contributed by atoms with E-state index < -0.39 is 0 Å². The first-order valence-corrected chi connectivity index (χ1v) is 6.09. The molecule has 1 saturated heterocycles. The third-order valence-corrected chi connectivity index (χ3v) is 3.41. The summed E-state index contributed by atoms with van der Waals surface area (Å²) in [6.45, 7) is 3.95. The van der Waals surface area contributed by atoms with E-state index in [0.717, 1.165) is 31.8 Å². The number of amides is 2. The Balaban J connectivity index is 1.86. The Hall–Kier alpha value is -1.10. The van der Waals surface area contributed by atoms with E-state index in [4.69, 9.17) is 0 Å². The van der Waals surface area contributed by atoms with Crippen molar-refractivity contribution in [3.8, 4) is 0 Å². The Bertz CT molecular complexity index is 317. The second-order valence-electron chi connectivity index (χ2n) is 3.94. The number of anilines is 1. The van der Waals surface area contributed by atoms with Crippen LogP contribution in [0.15, 0.2) is 11.6 Å². The lowest BCUT2D eigenvalue weighted by Gasteiger charge is -2.29. The number of hydrogen-bond acceptors (Lipinski definition) is 3. The average Bonchev–Trinajstić information content (AvgIpc) is 2.71. The molecular weight excluding hydrogens is 210 g/mol. The predicted molar refractivity (Wildman–Crippen MR) is 61.1 cm³/mol. The van der Waals surface area contributed by atoms with Gasteiger partial charge in [0, 0.05) is 24.7 Å². The number of nitrogens with zero attached hydrogens (tertiary/aromatic N) is 2. The number of rotatable bonds is 1. The summed E-state index contributed by atoms with van der Waals surface area (Å²) in [4.78, 5) is 17.6. The van der Waals surface area contributed by atoms with Gasteiger partial charge in [-0.1, -0.05) is 6.92 Å². The highest BCUT2D eigenvalue weighted by Crippen LogP contribution is 2.17. The second-order valence-corrected chi connectivity index (χ2v) is 4.83. The molecule has 2 amide bonds. The highest BCUT2D eigenvalue weighted by Gasteiger charge is 2.20. The zero-order valence-corrected chi connectivity index (χ0v) is 9.59. The topological polar surface area (TPSA) is 45.2 Å². The number of piperidine rings is 1. The molecule has 0 aromatic carbocycles. The third-order valence-electron chi connectivity index (χ3n) is 2.72. The molecule has 1 aliphatic rings. The maximum absolute atomic E-state index is 11.8. The van der Waals surface area contributed by atoms with Gasteiger partial charge >= 0.3 is 6.03 Å². The molecule has 0 unspecified atom stereocenters. The van der Waals surface area contributed by atoms with Gasteiger partial charge in [-0.3, -0.25) is 5.32 Å². The average molecular weight is 225 g/mol. The Morgan fingerprint density at radius 1 is 1.60 bits per heavy atom. The molecule has 0 aliphatic carbocycles. The van der Waals surface area contributed by atoms with Crippen molar-refractivity contribution in [2.45, 2.75) is 19.8 Å². The van der Waals surface area contributed by atoms with E-state index >= 15 is 0 Å². The fraction of sp³-hybridized carbons (Fsp3) is 0.600. The van der Waals surface area contributed by atoms with Crippen molar-refractivity contribution in [2.24, 2.45) is 5.92 Å². The van der Waals surface area contributed by atoms with Crippen LogP contribution in [-0.2, 0) is 0 Å². The van der Waals surface area contributed by atoms with Gasteiger partial charge in [0.2, 0.25) is 0 Å². The van der Waals surface area contributed by atoms with Crippen molar-refractivity contribution in [3.63, 3.8) is 0 Å². The van der Waals surface area contributed by atoms with Crippen LogP contribution in [0.5, 0.6) is 0 Å². The van der Waals surface area contributed by atoms with Gasteiger partial charge in [-0.2, -0.15) is 0 Å². The van der Waals surface area contributed by atoms with Gasteiger partial charge in [-0.15, -0.1) is 11.3 Å². The van der Waals surface area contributed by atoms with Crippen LogP contribution < -0.4 is 5.32 Å². The van der Waals surface area contributed by atoms with Crippen molar-refractivity contribution in [1.82, 2.24) is 9.88 Å². The molecular formula is C10H15N3OS. The van der Waals surface area contributed by atoms with E-state index in [1.54, 1.807) is 6.20 Å². The molecule has 0 saturated carbocycles. The summed E-state index contributed by atoms with van der Waals surface area (Å²) in [6.07, 6.45) is 3.90. The molecule has 82 valence electrons. The minimum Gasteiger partial charge on any atom is -0.324 e. The number of hydrogen-bond donors (Lipinski definition) is 1. The Morgan fingerprint density at radius 3 is 2.93 bits per heavy atom. The quantitative estimate of drug-likeness (QED) is 0.797. The first kappa shape index (κ1) is 10.4. The molecule has 0 spiro atoms. The molecule has 5 heteroatoms. The van der Waals surface area contributed by atoms with Crippen molar-refractivity contribution in [3.05, 3.63) is 11.6 Å². The Morgan fingerprint density at radius 2 is 2.33 bits per heavy atom. The number of thiazole rings is 1. The minimum absolute atomic E-state index is 0.0168. The monoisotopic (exact) mass is 225 g/mol. The van der Waals surface area contributed by atoms with Crippen molar-refractivity contribution in [2.75, 3.05) is 18.4 Å². The fourth-order valence-corrected chi connectivity index (χ4v) is 2.19. The van der Waals surface area contributed by atoms with Crippen LogP contribution in [0.1, 0.15) is 19.8 Å². The molecule has 0 radical (unpaired) electrons. The van der Waals surface area contributed by atoms with Gasteiger partial charge < -0.3 is 4.90 Å². The largest absolute Gasteiger partial charge is 0.324 e. The maximum atomic E-state index is 11.8. The first-order valence-electron chi connectivity index (χ1n) is 5.21. The summed E-state index contributed by atoms with van der Waals surface area (Å²) in [6, 6.07) is -0.0168. The smallest absolute Gasteiger partial charge is 0.323 e. The standard InChI is InChI=1S/C10H15N3OS/c1-8-2-5-13(6-3-8)10(14)12-9-11-4-7-15-9/h4,7-8H,2-3,5-6H2,1H3,(H,11,12,14). The van der Waals surface area contributed by atoms with Gasteiger partial charge in [0.1, 0.15) is 0 Å². The number of nitrogens with one attached hydrogen (secondary N) is 1. The van der Waals surface area contributed by atoms with Gasteiger partial charge in [0.05, 0.1) is 0 Å². The van der Waals surface area contributed by atoms with Gasteiger partial charge in [0.25, 0.3) is 0 Å². The molecule has 0 atom stereocenters. The zero-order valence-electron chi connectivity index (χ0n) is 8.77. The molecule has 1 aromatic rings. The number of aromatic nitrogens is 1. The summed E-state index contributed by atoms with van der Waals surface area (Å²) in [5.74, 6) is 0.744. The second kappa shape index (κ2) is 4.61. The minimum atomic E-state index is -0.0168. The zero-order chi connectivity index (χ0) is 10.7. The highest BCUT2D eigenvalue weighted by atomic mass is 32.1.